The van der Waals surface area contributed by atoms with E-state index in [0.29, 0.717) is 18.5 Å². The van der Waals surface area contributed by atoms with Gasteiger partial charge in [0.1, 0.15) is 5.52 Å². The molecule has 0 aromatic carbocycles. The summed E-state index contributed by atoms with van der Waals surface area (Å²) in [6, 6.07) is 1.68. The predicted molar refractivity (Wildman–Crippen MR) is 51.2 cm³/mol. The molecule has 1 N–H and O–H groups in total. The fourth-order valence-electron chi connectivity index (χ4n) is 1.38. The maximum absolute atomic E-state index is 11.7. The summed E-state index contributed by atoms with van der Waals surface area (Å²) in [7, 11) is 0. The lowest BCUT2D eigenvalue weighted by atomic mass is 10.4. The van der Waals surface area contributed by atoms with Crippen molar-refractivity contribution < 1.29 is 5.11 Å². The first-order valence-electron chi connectivity index (χ1n) is 4.46. The Balaban J connectivity index is 2.46. The average molecular weight is 193 g/mol. The molecule has 0 saturated heterocycles. The molecule has 2 heterocycles. The monoisotopic (exact) mass is 193 g/mol. The molecule has 0 saturated carbocycles. The van der Waals surface area contributed by atoms with E-state index in [-0.39, 0.29) is 12.2 Å². The Kier molecular flexibility index (Phi) is 2.32. The van der Waals surface area contributed by atoms with Crippen LogP contribution in [0.1, 0.15) is 6.42 Å². The van der Waals surface area contributed by atoms with Crippen molar-refractivity contribution in [1.29, 1.82) is 0 Å². The van der Waals surface area contributed by atoms with Crippen LogP contribution in [0.4, 0.5) is 0 Å². The van der Waals surface area contributed by atoms with Crippen LogP contribution in [0.3, 0.4) is 0 Å². The van der Waals surface area contributed by atoms with Gasteiger partial charge in [0.2, 0.25) is 0 Å². The number of aromatic nitrogens is 3. The number of aryl methyl sites for hydroxylation is 1. The molecule has 0 aliphatic carbocycles. The molecule has 14 heavy (non-hydrogen) atoms. The third-order valence-corrected chi connectivity index (χ3v) is 2.10. The Bertz CT molecular complexity index is 486. The molecule has 5 nitrogen and oxygen atoms in total. The molecule has 0 aliphatic heterocycles. The van der Waals surface area contributed by atoms with Gasteiger partial charge in [0.25, 0.3) is 5.56 Å². The summed E-state index contributed by atoms with van der Waals surface area (Å²) in [5.41, 5.74) is 0.490. The lowest BCUT2D eigenvalue weighted by Crippen LogP contribution is -2.21. The number of hydrogen-bond acceptors (Lipinski definition) is 3. The second-order valence-electron chi connectivity index (χ2n) is 3.03. The van der Waals surface area contributed by atoms with Gasteiger partial charge in [-0.25, -0.2) is 4.52 Å². The van der Waals surface area contributed by atoms with Crippen LogP contribution in [-0.2, 0) is 6.54 Å². The molecule has 0 unspecified atom stereocenters. The van der Waals surface area contributed by atoms with E-state index in [1.807, 2.05) is 0 Å². The minimum atomic E-state index is -0.0709. The van der Waals surface area contributed by atoms with E-state index in [9.17, 15) is 4.79 Å². The van der Waals surface area contributed by atoms with Gasteiger partial charge in [-0.05, 0) is 12.5 Å². The van der Waals surface area contributed by atoms with Gasteiger partial charge in [-0.3, -0.25) is 4.79 Å². The van der Waals surface area contributed by atoms with Gasteiger partial charge in [-0.2, -0.15) is 5.10 Å². The van der Waals surface area contributed by atoms with Crippen LogP contribution >= 0.6 is 0 Å². The highest BCUT2D eigenvalue weighted by Crippen LogP contribution is 1.95. The Morgan fingerprint density at radius 2 is 2.29 bits per heavy atom. The largest absolute Gasteiger partial charge is 0.396 e. The summed E-state index contributed by atoms with van der Waals surface area (Å²) in [5, 5.41) is 12.6. The van der Waals surface area contributed by atoms with Crippen molar-refractivity contribution in [2.24, 2.45) is 0 Å². The highest BCUT2D eigenvalue weighted by molar-refractivity contribution is 5.42. The van der Waals surface area contributed by atoms with Gasteiger partial charge in [-0.1, -0.05) is 0 Å². The number of aliphatic hydroxyl groups is 1. The lowest BCUT2D eigenvalue weighted by Gasteiger charge is -2.03. The molecular weight excluding hydrogens is 182 g/mol. The van der Waals surface area contributed by atoms with Crippen molar-refractivity contribution in [2.45, 2.75) is 13.0 Å². The van der Waals surface area contributed by atoms with E-state index < -0.39 is 0 Å². The molecule has 0 bridgehead atoms. The van der Waals surface area contributed by atoms with Crippen molar-refractivity contribution in [3.63, 3.8) is 0 Å². The first-order chi connectivity index (χ1) is 6.83. The van der Waals surface area contributed by atoms with Gasteiger partial charge in [-0.15, -0.1) is 0 Å². The molecule has 2 aromatic rings. The normalized spacial score (nSPS) is 10.9. The second kappa shape index (κ2) is 3.63. The number of aliphatic hydroxyl groups excluding tert-OH is 1. The van der Waals surface area contributed by atoms with E-state index in [2.05, 4.69) is 5.10 Å². The summed E-state index contributed by atoms with van der Waals surface area (Å²) in [4.78, 5) is 11.7. The zero-order chi connectivity index (χ0) is 9.97. The van der Waals surface area contributed by atoms with Crippen LogP contribution in [-0.4, -0.2) is 25.9 Å². The molecule has 2 aromatic heterocycles. The Morgan fingerprint density at radius 3 is 3.07 bits per heavy atom. The van der Waals surface area contributed by atoms with Crippen LogP contribution in [0.15, 0.2) is 29.5 Å². The fraction of sp³-hybridized carbons (Fsp3) is 0.333. The Hall–Kier alpha value is -1.62. The maximum atomic E-state index is 11.7. The third kappa shape index (κ3) is 1.42. The molecule has 0 fully saturated rings. The van der Waals surface area contributed by atoms with Crippen LogP contribution < -0.4 is 5.56 Å². The smallest absolute Gasteiger partial charge is 0.276 e. The Labute approximate surface area is 80.2 Å². The maximum Gasteiger partial charge on any atom is 0.276 e. The topological polar surface area (TPSA) is 59.5 Å². The third-order valence-electron chi connectivity index (χ3n) is 2.10. The van der Waals surface area contributed by atoms with Crippen molar-refractivity contribution in [3.8, 4) is 0 Å². The number of fused-ring (bicyclic) bond motifs is 1. The standard InChI is InChI=1S/C9H11N3O2/c13-7-1-4-11-5-6-12-8(9(11)14)2-3-10-12/h2-3,5-6,13H,1,4,7H2. The first-order valence-corrected chi connectivity index (χ1v) is 4.46. The minimum Gasteiger partial charge on any atom is -0.396 e. The van der Waals surface area contributed by atoms with Gasteiger partial charge in [0, 0.05) is 25.5 Å². The van der Waals surface area contributed by atoms with Crippen molar-refractivity contribution in [2.75, 3.05) is 6.61 Å². The van der Waals surface area contributed by atoms with Crippen LogP contribution in [0.25, 0.3) is 5.52 Å². The molecule has 5 heteroatoms. The summed E-state index contributed by atoms with van der Waals surface area (Å²) < 4.78 is 3.12. The van der Waals surface area contributed by atoms with Gasteiger partial charge < -0.3 is 9.67 Å². The van der Waals surface area contributed by atoms with Gasteiger partial charge in [0.15, 0.2) is 0 Å². The van der Waals surface area contributed by atoms with Crippen molar-refractivity contribution in [3.05, 3.63) is 35.0 Å². The van der Waals surface area contributed by atoms with E-state index in [1.165, 1.54) is 4.52 Å². The van der Waals surface area contributed by atoms with E-state index in [4.69, 9.17) is 5.11 Å². The molecule has 0 radical (unpaired) electrons. The van der Waals surface area contributed by atoms with Crippen molar-refractivity contribution >= 4 is 5.52 Å². The Morgan fingerprint density at radius 1 is 1.43 bits per heavy atom. The molecular formula is C9H11N3O2. The summed E-state index contributed by atoms with van der Waals surface area (Å²) in [6.07, 6.45) is 5.59. The number of hydrogen-bond donors (Lipinski definition) is 1. The quantitative estimate of drug-likeness (QED) is 0.739. The summed E-state index contributed by atoms with van der Waals surface area (Å²) >= 11 is 0. The predicted octanol–water partition coefficient (Wildman–Crippen LogP) is -0.122. The average Bonchev–Trinajstić information content (AvgIpc) is 2.66. The first kappa shape index (κ1) is 8.96. The van der Waals surface area contributed by atoms with E-state index >= 15 is 0 Å². The van der Waals surface area contributed by atoms with Gasteiger partial charge in [0.05, 0.1) is 6.20 Å². The van der Waals surface area contributed by atoms with Crippen LogP contribution in [0, 0.1) is 0 Å². The van der Waals surface area contributed by atoms with Crippen molar-refractivity contribution in [1.82, 2.24) is 14.2 Å². The van der Waals surface area contributed by atoms with Crippen LogP contribution in [0.2, 0.25) is 0 Å². The SMILES string of the molecule is O=c1c2ccnn2ccn1CCCO. The zero-order valence-corrected chi connectivity index (χ0v) is 7.63. The zero-order valence-electron chi connectivity index (χ0n) is 7.63. The highest BCUT2D eigenvalue weighted by atomic mass is 16.3. The number of rotatable bonds is 3. The van der Waals surface area contributed by atoms with E-state index in [1.54, 1.807) is 29.2 Å². The molecule has 0 spiro atoms. The lowest BCUT2D eigenvalue weighted by molar-refractivity contribution is 0.279. The molecule has 0 amide bonds. The molecule has 74 valence electrons. The second-order valence-corrected chi connectivity index (χ2v) is 3.03. The minimum absolute atomic E-state index is 0.0709. The highest BCUT2D eigenvalue weighted by Gasteiger charge is 2.01. The summed E-state index contributed by atoms with van der Waals surface area (Å²) in [6.45, 7) is 0.633. The fourth-order valence-corrected chi connectivity index (χ4v) is 1.38. The number of nitrogens with zero attached hydrogens (tertiary/aromatic N) is 3. The van der Waals surface area contributed by atoms with E-state index in [0.717, 1.165) is 0 Å². The van der Waals surface area contributed by atoms with Crippen LogP contribution in [0.5, 0.6) is 0 Å². The molecule has 0 atom stereocenters. The van der Waals surface area contributed by atoms with Gasteiger partial charge >= 0.3 is 0 Å². The molecule has 2 rings (SSSR count). The summed E-state index contributed by atoms with van der Waals surface area (Å²) in [5.74, 6) is 0. The molecule has 0 aliphatic rings.